The molecule has 0 aromatic rings. The number of nitrogens with zero attached hydrogens (tertiary/aromatic N) is 3. The Morgan fingerprint density at radius 3 is 2.52 bits per heavy atom. The monoisotopic (exact) mass is 397 g/mol. The molecule has 27 heavy (non-hydrogen) atoms. The van der Waals surface area contributed by atoms with E-state index >= 15 is 0 Å². The number of amides is 1. The van der Waals surface area contributed by atoms with Crippen LogP contribution in [0.3, 0.4) is 0 Å². The molecule has 1 aliphatic heterocycles. The summed E-state index contributed by atoms with van der Waals surface area (Å²) >= 11 is 1.90. The number of nitrogens with one attached hydrogen (secondary N) is 2. The molecular formula is C20H39N5OS. The molecule has 1 aliphatic carbocycles. The standard InChI is InChI=1S/C20H39N5OS/c1-3-21-20(22-10-6-7-17-27-2)23-11-12-24-13-15-25(16-14-24)19(26)18-8-4-5-9-18/h18H,3-17H2,1-2H3,(H2,21,22,23). The molecule has 1 heterocycles. The fraction of sp³-hybridized carbons (Fsp3) is 0.900. The van der Waals surface area contributed by atoms with Crippen LogP contribution in [-0.4, -0.2) is 86.0 Å². The Bertz CT molecular complexity index is 446. The first-order valence-electron chi connectivity index (χ1n) is 10.8. The summed E-state index contributed by atoms with van der Waals surface area (Å²) in [6.07, 6.45) is 9.20. The van der Waals surface area contributed by atoms with Crippen LogP contribution in [0.15, 0.2) is 4.99 Å². The minimum absolute atomic E-state index is 0.313. The van der Waals surface area contributed by atoms with Crippen LogP contribution in [0.4, 0.5) is 0 Å². The van der Waals surface area contributed by atoms with E-state index in [4.69, 9.17) is 0 Å². The molecule has 2 aliphatic rings. The van der Waals surface area contributed by atoms with Crippen LogP contribution in [-0.2, 0) is 4.79 Å². The van der Waals surface area contributed by atoms with Gasteiger partial charge < -0.3 is 15.5 Å². The molecule has 1 saturated carbocycles. The summed E-state index contributed by atoms with van der Waals surface area (Å²) in [5.74, 6) is 2.87. The molecule has 0 bridgehead atoms. The second kappa shape index (κ2) is 13.3. The minimum atomic E-state index is 0.313. The molecule has 0 radical (unpaired) electrons. The molecule has 0 aromatic carbocycles. The highest BCUT2D eigenvalue weighted by Gasteiger charge is 2.29. The van der Waals surface area contributed by atoms with Crippen molar-refractivity contribution >= 4 is 23.6 Å². The van der Waals surface area contributed by atoms with Gasteiger partial charge in [0, 0.05) is 58.3 Å². The summed E-state index contributed by atoms with van der Waals surface area (Å²) < 4.78 is 0. The number of carbonyl (C=O) groups excluding carboxylic acids is 1. The van der Waals surface area contributed by atoms with E-state index in [0.717, 1.165) is 77.6 Å². The molecule has 156 valence electrons. The van der Waals surface area contributed by atoms with Crippen molar-refractivity contribution in [3.63, 3.8) is 0 Å². The van der Waals surface area contributed by atoms with Crippen molar-refractivity contribution in [1.29, 1.82) is 0 Å². The molecule has 1 saturated heterocycles. The number of piperazine rings is 1. The third-order valence-electron chi connectivity index (χ3n) is 5.48. The van der Waals surface area contributed by atoms with Gasteiger partial charge in [-0.05, 0) is 44.6 Å². The van der Waals surface area contributed by atoms with Gasteiger partial charge in [-0.15, -0.1) is 0 Å². The lowest BCUT2D eigenvalue weighted by atomic mass is 10.1. The number of carbonyl (C=O) groups is 1. The van der Waals surface area contributed by atoms with Crippen LogP contribution in [0.25, 0.3) is 0 Å². The Morgan fingerprint density at radius 2 is 1.85 bits per heavy atom. The summed E-state index contributed by atoms with van der Waals surface area (Å²) in [6, 6.07) is 0. The molecule has 0 aromatic heterocycles. The molecule has 0 atom stereocenters. The lowest BCUT2D eigenvalue weighted by Crippen LogP contribution is -2.51. The van der Waals surface area contributed by atoms with E-state index in [9.17, 15) is 4.79 Å². The summed E-state index contributed by atoms with van der Waals surface area (Å²) in [7, 11) is 0. The van der Waals surface area contributed by atoms with Crippen LogP contribution >= 0.6 is 11.8 Å². The van der Waals surface area contributed by atoms with Crippen molar-refractivity contribution < 1.29 is 4.79 Å². The van der Waals surface area contributed by atoms with Crippen molar-refractivity contribution in [3.8, 4) is 0 Å². The SMILES string of the molecule is CCNC(=NCCCCSC)NCCN1CCN(C(=O)C2CCCC2)CC1. The van der Waals surface area contributed by atoms with Crippen LogP contribution in [0, 0.1) is 5.92 Å². The second-order valence-corrected chi connectivity index (χ2v) is 8.52. The number of rotatable bonds is 10. The molecule has 6 nitrogen and oxygen atoms in total. The number of thioether (sulfide) groups is 1. The van der Waals surface area contributed by atoms with E-state index in [1.165, 1.54) is 25.0 Å². The first-order valence-corrected chi connectivity index (χ1v) is 12.2. The van der Waals surface area contributed by atoms with Gasteiger partial charge in [0.1, 0.15) is 0 Å². The van der Waals surface area contributed by atoms with Crippen LogP contribution in [0.1, 0.15) is 45.4 Å². The third-order valence-corrected chi connectivity index (χ3v) is 6.18. The molecule has 2 fully saturated rings. The van der Waals surface area contributed by atoms with Gasteiger partial charge >= 0.3 is 0 Å². The Balaban J connectivity index is 1.61. The van der Waals surface area contributed by atoms with Gasteiger partial charge in [0.15, 0.2) is 5.96 Å². The van der Waals surface area contributed by atoms with Gasteiger partial charge in [0.25, 0.3) is 0 Å². The average molecular weight is 398 g/mol. The van der Waals surface area contributed by atoms with Gasteiger partial charge in [-0.25, -0.2) is 0 Å². The number of guanidine groups is 1. The molecule has 2 rings (SSSR count). The Labute approximate surface area is 169 Å². The van der Waals surface area contributed by atoms with E-state index in [1.807, 2.05) is 11.8 Å². The third kappa shape index (κ3) is 8.30. The molecule has 7 heteroatoms. The predicted molar refractivity (Wildman–Crippen MR) is 117 cm³/mol. The normalized spacial score (nSPS) is 19.5. The van der Waals surface area contributed by atoms with E-state index in [2.05, 4.69) is 38.6 Å². The van der Waals surface area contributed by atoms with Gasteiger partial charge in [-0.3, -0.25) is 14.7 Å². The highest BCUT2D eigenvalue weighted by molar-refractivity contribution is 7.98. The lowest BCUT2D eigenvalue weighted by Gasteiger charge is -2.36. The zero-order chi connectivity index (χ0) is 19.3. The van der Waals surface area contributed by atoms with Crippen molar-refractivity contribution in [1.82, 2.24) is 20.4 Å². The number of aliphatic imine (C=N–C) groups is 1. The minimum Gasteiger partial charge on any atom is -0.357 e. The lowest BCUT2D eigenvalue weighted by molar-refractivity contribution is -0.137. The van der Waals surface area contributed by atoms with Crippen LogP contribution in [0.5, 0.6) is 0 Å². The highest BCUT2D eigenvalue weighted by Crippen LogP contribution is 2.26. The zero-order valence-corrected chi connectivity index (χ0v) is 18.2. The fourth-order valence-electron chi connectivity index (χ4n) is 3.85. The molecule has 0 spiro atoms. The topological polar surface area (TPSA) is 60.0 Å². The van der Waals surface area contributed by atoms with Gasteiger partial charge in [-0.2, -0.15) is 11.8 Å². The fourth-order valence-corrected chi connectivity index (χ4v) is 4.34. The van der Waals surface area contributed by atoms with Gasteiger partial charge in [0.2, 0.25) is 5.91 Å². The summed E-state index contributed by atoms with van der Waals surface area (Å²) in [5, 5.41) is 6.78. The van der Waals surface area contributed by atoms with Crippen molar-refractivity contribution in [2.24, 2.45) is 10.9 Å². The van der Waals surface area contributed by atoms with Crippen molar-refractivity contribution in [3.05, 3.63) is 0 Å². The smallest absolute Gasteiger partial charge is 0.225 e. The molecule has 0 unspecified atom stereocenters. The summed E-state index contributed by atoms with van der Waals surface area (Å²) in [6.45, 7) is 9.53. The van der Waals surface area contributed by atoms with E-state index in [-0.39, 0.29) is 0 Å². The second-order valence-electron chi connectivity index (χ2n) is 7.54. The molecule has 2 N–H and O–H groups in total. The van der Waals surface area contributed by atoms with Crippen molar-refractivity contribution in [2.75, 3.05) is 64.4 Å². The zero-order valence-electron chi connectivity index (χ0n) is 17.3. The van der Waals surface area contributed by atoms with E-state index in [1.54, 1.807) is 0 Å². The summed E-state index contributed by atoms with van der Waals surface area (Å²) in [5.41, 5.74) is 0. The highest BCUT2D eigenvalue weighted by atomic mass is 32.2. The predicted octanol–water partition coefficient (Wildman–Crippen LogP) is 2.02. The Hall–Kier alpha value is -0.950. The summed E-state index contributed by atoms with van der Waals surface area (Å²) in [4.78, 5) is 21.7. The Kier molecular flexibility index (Phi) is 11.0. The van der Waals surface area contributed by atoms with Crippen LogP contribution < -0.4 is 10.6 Å². The maximum atomic E-state index is 12.5. The van der Waals surface area contributed by atoms with Crippen LogP contribution in [0.2, 0.25) is 0 Å². The molecular weight excluding hydrogens is 358 g/mol. The number of hydrogen-bond donors (Lipinski definition) is 2. The van der Waals surface area contributed by atoms with E-state index in [0.29, 0.717) is 11.8 Å². The van der Waals surface area contributed by atoms with Gasteiger partial charge in [0.05, 0.1) is 0 Å². The number of hydrogen-bond acceptors (Lipinski definition) is 4. The number of unbranched alkanes of at least 4 members (excludes halogenated alkanes) is 1. The maximum Gasteiger partial charge on any atom is 0.225 e. The average Bonchev–Trinajstić information content (AvgIpc) is 3.22. The molecule has 1 amide bonds. The van der Waals surface area contributed by atoms with E-state index < -0.39 is 0 Å². The van der Waals surface area contributed by atoms with Crippen molar-refractivity contribution in [2.45, 2.75) is 45.4 Å². The quantitative estimate of drug-likeness (QED) is 0.335. The largest absolute Gasteiger partial charge is 0.357 e. The first kappa shape index (κ1) is 22.3. The Morgan fingerprint density at radius 1 is 1.11 bits per heavy atom. The first-order chi connectivity index (χ1) is 13.2. The maximum absolute atomic E-state index is 12.5. The van der Waals surface area contributed by atoms with Gasteiger partial charge in [-0.1, -0.05) is 12.8 Å².